The molecule has 0 saturated carbocycles. The summed E-state index contributed by atoms with van der Waals surface area (Å²) in [6.45, 7) is 5.90. The summed E-state index contributed by atoms with van der Waals surface area (Å²) in [5.41, 5.74) is -0.0295. The molecular formula is C14H19NO3. The summed E-state index contributed by atoms with van der Waals surface area (Å²) in [6, 6.07) is 6.29. The van der Waals surface area contributed by atoms with Crippen LogP contribution in [0.15, 0.2) is 24.3 Å². The Bertz CT molecular complexity index is 466. The van der Waals surface area contributed by atoms with E-state index in [9.17, 15) is 9.59 Å². The average molecular weight is 249 g/mol. The molecule has 4 heteroatoms. The lowest BCUT2D eigenvalue weighted by Crippen LogP contribution is -2.44. The van der Waals surface area contributed by atoms with Crippen LogP contribution in [-0.2, 0) is 0 Å². The number of amides is 1. The monoisotopic (exact) mass is 249 g/mol. The van der Waals surface area contributed by atoms with Crippen molar-refractivity contribution in [3.63, 3.8) is 0 Å². The molecule has 0 unspecified atom stereocenters. The van der Waals surface area contributed by atoms with Crippen LogP contribution in [0, 0.1) is 0 Å². The number of benzene rings is 1. The predicted molar refractivity (Wildman–Crippen MR) is 69.9 cm³/mol. The Morgan fingerprint density at radius 3 is 2.17 bits per heavy atom. The van der Waals surface area contributed by atoms with Gasteiger partial charge < -0.3 is 10.0 Å². The summed E-state index contributed by atoms with van der Waals surface area (Å²) < 4.78 is 0. The van der Waals surface area contributed by atoms with Gasteiger partial charge in [-0.2, -0.15) is 0 Å². The number of hydrogen-bond donors (Lipinski definition) is 1. The van der Waals surface area contributed by atoms with Crippen LogP contribution in [0.5, 0.6) is 0 Å². The van der Waals surface area contributed by atoms with Crippen molar-refractivity contribution in [1.29, 1.82) is 0 Å². The Kier molecular flexibility index (Phi) is 4.11. The maximum atomic E-state index is 12.3. The van der Waals surface area contributed by atoms with E-state index in [1.807, 2.05) is 20.8 Å². The minimum atomic E-state index is -1.08. The minimum absolute atomic E-state index is 0.0428. The molecule has 0 bridgehead atoms. The molecule has 0 saturated heterocycles. The van der Waals surface area contributed by atoms with Crippen molar-refractivity contribution in [2.75, 3.05) is 7.05 Å². The first-order chi connectivity index (χ1) is 8.31. The van der Waals surface area contributed by atoms with E-state index >= 15 is 0 Å². The molecule has 98 valence electrons. The average Bonchev–Trinajstić information content (AvgIpc) is 2.36. The lowest BCUT2D eigenvalue weighted by molar-refractivity contribution is 0.0600. The highest BCUT2D eigenvalue weighted by molar-refractivity contribution is 6.04. The molecule has 0 atom stereocenters. The second-order valence-corrected chi connectivity index (χ2v) is 4.88. The topological polar surface area (TPSA) is 57.6 Å². The molecule has 1 N–H and O–H groups in total. The minimum Gasteiger partial charge on any atom is -0.478 e. The van der Waals surface area contributed by atoms with Crippen molar-refractivity contribution in [2.45, 2.75) is 32.7 Å². The van der Waals surface area contributed by atoms with E-state index in [2.05, 4.69) is 0 Å². The van der Waals surface area contributed by atoms with Crippen molar-refractivity contribution >= 4 is 11.9 Å². The van der Waals surface area contributed by atoms with E-state index in [1.165, 1.54) is 6.07 Å². The molecule has 0 fully saturated rings. The zero-order valence-electron chi connectivity index (χ0n) is 11.2. The molecule has 1 aromatic rings. The lowest BCUT2D eigenvalue weighted by atomic mass is 9.97. The quantitative estimate of drug-likeness (QED) is 0.892. The van der Waals surface area contributed by atoms with Crippen molar-refractivity contribution < 1.29 is 14.7 Å². The van der Waals surface area contributed by atoms with Crippen LogP contribution in [0.4, 0.5) is 0 Å². The first kappa shape index (κ1) is 14.2. The predicted octanol–water partition coefficient (Wildman–Crippen LogP) is 2.65. The lowest BCUT2D eigenvalue weighted by Gasteiger charge is -2.35. The summed E-state index contributed by atoms with van der Waals surface area (Å²) in [5, 5.41) is 9.09. The van der Waals surface area contributed by atoms with E-state index in [-0.39, 0.29) is 22.6 Å². The fourth-order valence-corrected chi connectivity index (χ4v) is 1.55. The summed E-state index contributed by atoms with van der Waals surface area (Å²) in [6.07, 6.45) is 0.796. The Balaban J connectivity index is 3.16. The number of nitrogens with zero attached hydrogens (tertiary/aromatic N) is 1. The molecule has 1 rings (SSSR count). The van der Waals surface area contributed by atoms with Crippen LogP contribution in [0.2, 0.25) is 0 Å². The molecule has 1 aromatic carbocycles. The molecule has 0 aromatic heterocycles. The molecule has 0 aliphatic heterocycles. The van der Waals surface area contributed by atoms with Gasteiger partial charge in [0.15, 0.2) is 0 Å². The molecule has 0 spiro atoms. The molecule has 0 radical (unpaired) electrons. The van der Waals surface area contributed by atoms with Crippen LogP contribution in [0.1, 0.15) is 47.9 Å². The van der Waals surface area contributed by atoms with Gasteiger partial charge in [0, 0.05) is 12.6 Å². The Morgan fingerprint density at radius 2 is 1.72 bits per heavy atom. The van der Waals surface area contributed by atoms with Gasteiger partial charge in [-0.25, -0.2) is 4.79 Å². The van der Waals surface area contributed by atoms with Crippen LogP contribution in [0.25, 0.3) is 0 Å². The van der Waals surface area contributed by atoms with E-state index in [0.29, 0.717) is 0 Å². The Labute approximate surface area is 107 Å². The highest BCUT2D eigenvalue weighted by atomic mass is 16.4. The van der Waals surface area contributed by atoms with Crippen LogP contribution in [0.3, 0.4) is 0 Å². The highest BCUT2D eigenvalue weighted by Gasteiger charge is 2.28. The van der Waals surface area contributed by atoms with Gasteiger partial charge in [-0.3, -0.25) is 4.79 Å². The van der Waals surface area contributed by atoms with Gasteiger partial charge in [-0.1, -0.05) is 19.1 Å². The second-order valence-electron chi connectivity index (χ2n) is 4.88. The van der Waals surface area contributed by atoms with Gasteiger partial charge in [0.2, 0.25) is 0 Å². The standard InChI is InChI=1S/C14H19NO3/c1-5-14(2,3)15(4)12(16)10-8-6-7-9-11(10)13(17)18/h6-9H,5H2,1-4H3,(H,17,18). The van der Waals surface area contributed by atoms with Gasteiger partial charge in [0.1, 0.15) is 0 Å². The summed E-state index contributed by atoms with van der Waals surface area (Å²) in [4.78, 5) is 25.0. The van der Waals surface area contributed by atoms with Gasteiger partial charge in [-0.05, 0) is 32.4 Å². The fraction of sp³-hybridized carbons (Fsp3) is 0.429. The summed E-state index contributed by atoms with van der Waals surface area (Å²) in [7, 11) is 1.70. The Morgan fingerprint density at radius 1 is 1.22 bits per heavy atom. The number of carbonyl (C=O) groups is 2. The number of rotatable bonds is 4. The first-order valence-electron chi connectivity index (χ1n) is 5.91. The maximum absolute atomic E-state index is 12.3. The Hall–Kier alpha value is -1.84. The largest absolute Gasteiger partial charge is 0.478 e. The van der Waals surface area contributed by atoms with Crippen molar-refractivity contribution in [1.82, 2.24) is 4.90 Å². The van der Waals surface area contributed by atoms with Crippen LogP contribution < -0.4 is 0 Å². The van der Waals surface area contributed by atoms with Gasteiger partial charge in [0.05, 0.1) is 11.1 Å². The third kappa shape index (κ3) is 2.70. The summed E-state index contributed by atoms with van der Waals surface area (Å²) in [5.74, 6) is -1.35. The van der Waals surface area contributed by atoms with Crippen molar-refractivity contribution in [3.8, 4) is 0 Å². The van der Waals surface area contributed by atoms with E-state index in [1.54, 1.807) is 30.1 Å². The fourth-order valence-electron chi connectivity index (χ4n) is 1.55. The van der Waals surface area contributed by atoms with Crippen LogP contribution in [-0.4, -0.2) is 34.5 Å². The van der Waals surface area contributed by atoms with Gasteiger partial charge >= 0.3 is 5.97 Å². The molecular weight excluding hydrogens is 230 g/mol. The van der Waals surface area contributed by atoms with Crippen molar-refractivity contribution in [2.24, 2.45) is 0 Å². The highest BCUT2D eigenvalue weighted by Crippen LogP contribution is 2.20. The number of carbonyl (C=O) groups excluding carboxylic acids is 1. The molecule has 0 aliphatic rings. The normalized spacial score (nSPS) is 11.1. The smallest absolute Gasteiger partial charge is 0.336 e. The van der Waals surface area contributed by atoms with Crippen LogP contribution >= 0.6 is 0 Å². The first-order valence-corrected chi connectivity index (χ1v) is 5.91. The molecule has 4 nitrogen and oxygen atoms in total. The van der Waals surface area contributed by atoms with Crippen molar-refractivity contribution in [3.05, 3.63) is 35.4 Å². The van der Waals surface area contributed by atoms with E-state index in [4.69, 9.17) is 5.11 Å². The zero-order valence-corrected chi connectivity index (χ0v) is 11.2. The molecule has 1 amide bonds. The second kappa shape index (κ2) is 5.21. The number of carboxylic acid groups (broad SMARTS) is 1. The third-order valence-corrected chi connectivity index (χ3v) is 3.47. The number of hydrogen-bond acceptors (Lipinski definition) is 2. The van der Waals surface area contributed by atoms with Gasteiger partial charge in [0.25, 0.3) is 5.91 Å². The third-order valence-electron chi connectivity index (χ3n) is 3.47. The molecule has 0 aliphatic carbocycles. The maximum Gasteiger partial charge on any atom is 0.336 e. The summed E-state index contributed by atoms with van der Waals surface area (Å²) >= 11 is 0. The molecule has 18 heavy (non-hydrogen) atoms. The zero-order chi connectivity index (χ0) is 13.9. The number of carboxylic acids is 1. The van der Waals surface area contributed by atoms with E-state index < -0.39 is 5.97 Å². The van der Waals surface area contributed by atoms with Gasteiger partial charge in [-0.15, -0.1) is 0 Å². The van der Waals surface area contributed by atoms with E-state index in [0.717, 1.165) is 6.42 Å². The molecule has 0 heterocycles. The SMILES string of the molecule is CCC(C)(C)N(C)C(=O)c1ccccc1C(=O)O. The number of aromatic carboxylic acids is 1.